The van der Waals surface area contributed by atoms with Crippen LogP contribution in [0.3, 0.4) is 0 Å². The van der Waals surface area contributed by atoms with Crippen LogP contribution in [0.15, 0.2) is 53.2 Å². The third-order valence-corrected chi connectivity index (χ3v) is 3.76. The van der Waals surface area contributed by atoms with Gasteiger partial charge in [0.2, 0.25) is 0 Å². The molecule has 2 heterocycles. The molecule has 108 valence electrons. The van der Waals surface area contributed by atoms with E-state index in [0.717, 1.165) is 11.3 Å². The number of fused-ring (bicyclic) bond motifs is 1. The number of ether oxygens (including phenoxy) is 1. The Balaban J connectivity index is 0.00000176. The van der Waals surface area contributed by atoms with Crippen molar-refractivity contribution in [3.05, 3.63) is 53.8 Å². The summed E-state index contributed by atoms with van der Waals surface area (Å²) in [6, 6.07) is 7.79. The molecule has 1 aromatic rings. The number of aliphatic carboxylic acids is 1. The van der Waals surface area contributed by atoms with Crippen LogP contribution in [0.25, 0.3) is 0 Å². The number of aliphatic imine (C=N–C) groups is 1. The summed E-state index contributed by atoms with van der Waals surface area (Å²) in [5.41, 5.74) is 1.39. The van der Waals surface area contributed by atoms with E-state index in [0.29, 0.717) is 6.54 Å². The van der Waals surface area contributed by atoms with Gasteiger partial charge in [0.1, 0.15) is 11.9 Å². The number of carbonyl (C=O) groups excluding carboxylic acids is 1. The molecule has 5 nitrogen and oxygen atoms in total. The third-order valence-electron chi connectivity index (χ3n) is 3.76. The number of allylic oxidation sites excluding steroid dienone is 1. The second kappa shape index (κ2) is 7.13. The van der Waals surface area contributed by atoms with Crippen molar-refractivity contribution in [2.24, 2.45) is 10.9 Å². The summed E-state index contributed by atoms with van der Waals surface area (Å²) in [6.07, 6.45) is 6.62. The van der Waals surface area contributed by atoms with Crippen LogP contribution in [0.2, 0.25) is 0 Å². The summed E-state index contributed by atoms with van der Waals surface area (Å²) in [4.78, 5) is 17.5. The van der Waals surface area contributed by atoms with Crippen molar-refractivity contribution in [1.29, 1.82) is 0 Å². The number of nitrogens with zero attached hydrogens (tertiary/aromatic N) is 2. The minimum Gasteiger partial charge on any atom is -0.545 e. The fourth-order valence-electron chi connectivity index (χ4n) is 2.65. The van der Waals surface area contributed by atoms with E-state index in [9.17, 15) is 9.90 Å². The molecule has 2 aliphatic rings. The van der Waals surface area contributed by atoms with Crippen LogP contribution in [0, 0.1) is 5.92 Å². The number of hydrogen-bond donors (Lipinski definition) is 0. The van der Waals surface area contributed by atoms with Crippen LogP contribution in [0.4, 0.5) is 0 Å². The second-order valence-corrected chi connectivity index (χ2v) is 5.01. The average Bonchev–Trinajstić information content (AvgIpc) is 2.91. The minimum absolute atomic E-state index is 0. The van der Waals surface area contributed by atoms with Crippen LogP contribution in [0.5, 0.6) is 5.75 Å². The predicted octanol–water partition coefficient (Wildman–Crippen LogP) is -2.27. The van der Waals surface area contributed by atoms with Gasteiger partial charge in [-0.25, -0.2) is 0 Å². The van der Waals surface area contributed by atoms with Gasteiger partial charge in [-0.05, 0) is 35.5 Å². The SMILES string of the molecule is COc1ccc(CN2C=CC3C(C(=O)[O-])=CC=NC32)cc1.[Na+]. The Kier molecular flexibility index (Phi) is 5.45. The van der Waals surface area contributed by atoms with Gasteiger partial charge in [0.15, 0.2) is 0 Å². The number of rotatable bonds is 4. The van der Waals surface area contributed by atoms with Crippen molar-refractivity contribution < 1.29 is 44.2 Å². The first-order chi connectivity index (χ1) is 10.2. The molecule has 0 saturated carbocycles. The molecule has 2 atom stereocenters. The van der Waals surface area contributed by atoms with Crippen molar-refractivity contribution in [2.75, 3.05) is 7.11 Å². The summed E-state index contributed by atoms with van der Waals surface area (Å²) in [6.45, 7) is 0.666. The maximum atomic E-state index is 11.1. The van der Waals surface area contributed by atoms with E-state index in [-0.39, 0.29) is 47.2 Å². The third kappa shape index (κ3) is 3.27. The normalized spacial score (nSPS) is 21.9. The van der Waals surface area contributed by atoms with E-state index >= 15 is 0 Å². The standard InChI is InChI=1S/C16H16N2O3.Na/c1-21-12-4-2-11(3-5-12)10-18-9-7-13-14(16(19)20)6-8-17-15(13)18;/h2-9,13,15H,10H2,1H3,(H,19,20);/q;+1/p-1. The number of carboxylic acids is 1. The van der Waals surface area contributed by atoms with Crippen LogP contribution in [-0.4, -0.2) is 30.4 Å². The Morgan fingerprint density at radius 3 is 2.73 bits per heavy atom. The van der Waals surface area contributed by atoms with E-state index < -0.39 is 5.97 Å². The van der Waals surface area contributed by atoms with Crippen LogP contribution < -0.4 is 39.4 Å². The number of dihydropyridines is 1. The quantitative estimate of drug-likeness (QED) is 0.589. The molecule has 0 saturated heterocycles. The zero-order chi connectivity index (χ0) is 14.8. The van der Waals surface area contributed by atoms with Gasteiger partial charge in [0.05, 0.1) is 13.1 Å². The minimum atomic E-state index is -1.13. The molecule has 0 bridgehead atoms. The predicted molar refractivity (Wildman–Crippen MR) is 76.5 cm³/mol. The summed E-state index contributed by atoms with van der Waals surface area (Å²) >= 11 is 0. The fourth-order valence-corrected chi connectivity index (χ4v) is 2.65. The summed E-state index contributed by atoms with van der Waals surface area (Å²) in [7, 11) is 1.63. The maximum absolute atomic E-state index is 11.1. The zero-order valence-corrected chi connectivity index (χ0v) is 14.6. The van der Waals surface area contributed by atoms with E-state index in [1.807, 2.05) is 41.4 Å². The molecule has 6 heteroatoms. The molecule has 1 aromatic carbocycles. The molecule has 0 fully saturated rings. The number of carbonyl (C=O) groups is 1. The molecule has 0 aromatic heterocycles. The molecular formula is C16H15N2NaO3. The topological polar surface area (TPSA) is 65.0 Å². The van der Waals surface area contributed by atoms with Gasteiger partial charge in [0, 0.05) is 18.7 Å². The van der Waals surface area contributed by atoms with Gasteiger partial charge in [-0.1, -0.05) is 18.2 Å². The average molecular weight is 306 g/mol. The zero-order valence-electron chi connectivity index (χ0n) is 12.6. The number of hydrogen-bond acceptors (Lipinski definition) is 5. The molecule has 3 rings (SSSR count). The van der Waals surface area contributed by atoms with Gasteiger partial charge in [-0.2, -0.15) is 0 Å². The fraction of sp³-hybridized carbons (Fsp3) is 0.250. The molecule has 2 aliphatic heterocycles. The van der Waals surface area contributed by atoms with Gasteiger partial charge >= 0.3 is 29.6 Å². The number of carboxylic acid groups (broad SMARTS) is 1. The summed E-state index contributed by atoms with van der Waals surface area (Å²) < 4.78 is 5.13. The van der Waals surface area contributed by atoms with E-state index in [1.54, 1.807) is 13.3 Å². The van der Waals surface area contributed by atoms with Crippen LogP contribution in [-0.2, 0) is 11.3 Å². The van der Waals surface area contributed by atoms with Crippen molar-refractivity contribution in [2.45, 2.75) is 12.7 Å². The van der Waals surface area contributed by atoms with E-state index in [1.165, 1.54) is 6.08 Å². The summed E-state index contributed by atoms with van der Waals surface area (Å²) in [5.74, 6) is -0.559. The Morgan fingerprint density at radius 2 is 2.09 bits per heavy atom. The first-order valence-corrected chi connectivity index (χ1v) is 6.71. The van der Waals surface area contributed by atoms with Crippen molar-refractivity contribution in [3.8, 4) is 5.75 Å². The smallest absolute Gasteiger partial charge is 0.545 e. The van der Waals surface area contributed by atoms with Gasteiger partial charge < -0.3 is 19.5 Å². The van der Waals surface area contributed by atoms with Crippen molar-refractivity contribution in [1.82, 2.24) is 4.90 Å². The van der Waals surface area contributed by atoms with Gasteiger partial charge in [-0.3, -0.25) is 4.99 Å². The van der Waals surface area contributed by atoms with Crippen molar-refractivity contribution in [3.63, 3.8) is 0 Å². The van der Waals surface area contributed by atoms with Gasteiger partial charge in [0.25, 0.3) is 0 Å². The van der Waals surface area contributed by atoms with Crippen LogP contribution in [0.1, 0.15) is 5.56 Å². The molecule has 0 spiro atoms. The Hall–Kier alpha value is -1.56. The molecule has 0 amide bonds. The molecule has 0 aliphatic carbocycles. The Bertz CT molecular complexity index is 637. The monoisotopic (exact) mass is 306 g/mol. The Labute approximate surface area is 151 Å². The molecule has 2 unspecified atom stereocenters. The maximum Gasteiger partial charge on any atom is 1.00 e. The first-order valence-electron chi connectivity index (χ1n) is 6.71. The molecular weight excluding hydrogens is 291 g/mol. The molecule has 0 N–H and O–H groups in total. The summed E-state index contributed by atoms with van der Waals surface area (Å²) in [5, 5.41) is 11.1. The second-order valence-electron chi connectivity index (χ2n) is 5.01. The van der Waals surface area contributed by atoms with Crippen LogP contribution >= 0.6 is 0 Å². The van der Waals surface area contributed by atoms with Crippen molar-refractivity contribution >= 4 is 12.2 Å². The number of benzene rings is 1. The molecule has 22 heavy (non-hydrogen) atoms. The van der Waals surface area contributed by atoms with Gasteiger partial charge in [-0.15, -0.1) is 0 Å². The van der Waals surface area contributed by atoms with E-state index in [4.69, 9.17) is 4.74 Å². The first kappa shape index (κ1) is 16.8. The largest absolute Gasteiger partial charge is 1.00 e. The number of methoxy groups -OCH3 is 1. The Morgan fingerprint density at radius 1 is 1.36 bits per heavy atom. The molecule has 0 radical (unpaired) electrons. The van der Waals surface area contributed by atoms with E-state index in [2.05, 4.69) is 4.99 Å².